The molecule has 1 fully saturated rings. The Hall–Kier alpha value is -3.15. The second kappa shape index (κ2) is 7.61. The van der Waals surface area contributed by atoms with E-state index in [1.165, 1.54) is 10.2 Å². The molecule has 138 valence electrons. The lowest BCUT2D eigenvalue weighted by Gasteiger charge is -2.31. The summed E-state index contributed by atoms with van der Waals surface area (Å²) in [6, 6.07) is 19.5. The zero-order valence-electron chi connectivity index (χ0n) is 15.0. The third kappa shape index (κ3) is 3.84. The quantitative estimate of drug-likeness (QED) is 0.776. The number of para-hydroxylation sites is 1. The van der Waals surface area contributed by atoms with Gasteiger partial charge in [0.15, 0.2) is 0 Å². The summed E-state index contributed by atoms with van der Waals surface area (Å²) in [7, 11) is 0. The van der Waals surface area contributed by atoms with E-state index in [4.69, 9.17) is 0 Å². The molecule has 1 saturated heterocycles. The van der Waals surface area contributed by atoms with Crippen molar-refractivity contribution in [1.29, 1.82) is 0 Å². The maximum Gasteiger partial charge on any atom is 0.348 e. The van der Waals surface area contributed by atoms with Crippen LogP contribution in [0.25, 0.3) is 5.69 Å². The van der Waals surface area contributed by atoms with E-state index in [1.54, 1.807) is 17.0 Å². The first-order valence-corrected chi connectivity index (χ1v) is 9.28. The fourth-order valence-electron chi connectivity index (χ4n) is 3.60. The van der Waals surface area contributed by atoms with E-state index in [9.17, 15) is 9.59 Å². The topological polar surface area (TPSA) is 71.0 Å². The molecule has 0 unspecified atom stereocenters. The van der Waals surface area contributed by atoms with Gasteiger partial charge in [0.1, 0.15) is 0 Å². The van der Waals surface area contributed by atoms with Crippen LogP contribution < -0.4 is 5.69 Å². The molecule has 0 bridgehead atoms. The molecule has 27 heavy (non-hydrogen) atoms. The summed E-state index contributed by atoms with van der Waals surface area (Å²) in [6.07, 6.45) is 2.97. The van der Waals surface area contributed by atoms with Crippen molar-refractivity contribution in [3.63, 3.8) is 0 Å². The molecular weight excluding hydrogens is 340 g/mol. The van der Waals surface area contributed by atoms with Crippen LogP contribution in [0.1, 0.15) is 29.0 Å². The van der Waals surface area contributed by atoms with Gasteiger partial charge in [-0.15, -0.1) is 5.10 Å². The van der Waals surface area contributed by atoms with Crippen molar-refractivity contribution in [3.05, 3.63) is 82.5 Å². The minimum atomic E-state index is -0.400. The van der Waals surface area contributed by atoms with E-state index in [2.05, 4.69) is 34.3 Å². The summed E-state index contributed by atoms with van der Waals surface area (Å²) in [5.74, 6) is 0.475. The van der Waals surface area contributed by atoms with Crippen LogP contribution >= 0.6 is 0 Å². The van der Waals surface area contributed by atoms with Gasteiger partial charge in [0.25, 0.3) is 5.91 Å². The van der Waals surface area contributed by atoms with E-state index in [0.717, 1.165) is 19.3 Å². The zero-order chi connectivity index (χ0) is 18.6. The molecule has 6 nitrogen and oxygen atoms in total. The average molecular weight is 362 g/mol. The summed E-state index contributed by atoms with van der Waals surface area (Å²) < 4.78 is 1.23. The van der Waals surface area contributed by atoms with Gasteiger partial charge in [-0.25, -0.2) is 4.79 Å². The Kier molecular flexibility index (Phi) is 4.87. The molecule has 0 atom stereocenters. The highest BCUT2D eigenvalue weighted by Crippen LogP contribution is 2.22. The molecule has 3 aromatic rings. The van der Waals surface area contributed by atoms with Crippen LogP contribution in [0.4, 0.5) is 0 Å². The van der Waals surface area contributed by atoms with Crippen molar-refractivity contribution in [2.45, 2.75) is 19.3 Å². The molecule has 1 aliphatic heterocycles. The lowest BCUT2D eigenvalue weighted by molar-refractivity contribution is 0.0678. The van der Waals surface area contributed by atoms with Gasteiger partial charge in [0, 0.05) is 13.1 Å². The monoisotopic (exact) mass is 362 g/mol. The number of likely N-dealkylation sites (tertiary alicyclic amines) is 1. The maximum absolute atomic E-state index is 12.7. The fraction of sp³-hybridized carbons (Fsp3) is 0.286. The first-order chi connectivity index (χ1) is 13.2. The second-order valence-corrected chi connectivity index (χ2v) is 6.95. The fourth-order valence-corrected chi connectivity index (χ4v) is 3.60. The molecule has 0 saturated carbocycles. The summed E-state index contributed by atoms with van der Waals surface area (Å²) >= 11 is 0. The van der Waals surface area contributed by atoms with Gasteiger partial charge in [-0.3, -0.25) is 9.78 Å². The Balaban J connectivity index is 1.41. The Morgan fingerprint density at radius 3 is 2.30 bits per heavy atom. The molecule has 4 rings (SSSR count). The van der Waals surface area contributed by atoms with Crippen molar-refractivity contribution in [2.24, 2.45) is 5.92 Å². The first kappa shape index (κ1) is 17.3. The summed E-state index contributed by atoms with van der Waals surface area (Å²) in [5, 5.41) is 4.20. The number of piperidine rings is 1. The van der Waals surface area contributed by atoms with Gasteiger partial charge < -0.3 is 4.90 Å². The molecule has 0 radical (unpaired) electrons. The van der Waals surface area contributed by atoms with E-state index in [0.29, 0.717) is 24.7 Å². The molecule has 0 aliphatic carbocycles. The molecule has 1 aliphatic rings. The summed E-state index contributed by atoms with van der Waals surface area (Å²) in [4.78, 5) is 29.3. The predicted octanol–water partition coefficient (Wildman–Crippen LogP) is 2.66. The van der Waals surface area contributed by atoms with Crippen LogP contribution in [0.2, 0.25) is 0 Å². The minimum Gasteiger partial charge on any atom is -0.336 e. The number of aromatic amines is 1. The molecule has 2 aromatic carbocycles. The van der Waals surface area contributed by atoms with Crippen molar-refractivity contribution in [1.82, 2.24) is 19.7 Å². The van der Waals surface area contributed by atoms with Gasteiger partial charge in [-0.1, -0.05) is 48.5 Å². The third-order valence-corrected chi connectivity index (χ3v) is 5.09. The number of rotatable bonds is 4. The van der Waals surface area contributed by atoms with Crippen LogP contribution in [0.5, 0.6) is 0 Å². The number of hydrogen-bond acceptors (Lipinski definition) is 3. The van der Waals surface area contributed by atoms with E-state index in [1.807, 2.05) is 24.3 Å². The first-order valence-electron chi connectivity index (χ1n) is 9.28. The smallest absolute Gasteiger partial charge is 0.336 e. The van der Waals surface area contributed by atoms with Crippen molar-refractivity contribution in [2.75, 3.05) is 13.1 Å². The van der Waals surface area contributed by atoms with Crippen LogP contribution in [0.15, 0.2) is 65.5 Å². The number of carbonyl (C=O) groups excluding carboxylic acids is 1. The molecular formula is C21H22N4O2. The lowest BCUT2D eigenvalue weighted by Crippen LogP contribution is -2.39. The van der Waals surface area contributed by atoms with Crippen LogP contribution in [-0.4, -0.2) is 38.7 Å². The van der Waals surface area contributed by atoms with E-state index < -0.39 is 5.69 Å². The molecule has 0 spiro atoms. The highest BCUT2D eigenvalue weighted by Gasteiger charge is 2.26. The second-order valence-electron chi connectivity index (χ2n) is 6.95. The van der Waals surface area contributed by atoms with Gasteiger partial charge in [0.2, 0.25) is 5.82 Å². The van der Waals surface area contributed by atoms with Crippen molar-refractivity contribution < 1.29 is 4.79 Å². The largest absolute Gasteiger partial charge is 0.348 e. The van der Waals surface area contributed by atoms with Crippen LogP contribution in [-0.2, 0) is 6.42 Å². The number of carbonyl (C=O) groups is 1. The van der Waals surface area contributed by atoms with Crippen molar-refractivity contribution >= 4 is 5.91 Å². The minimum absolute atomic E-state index is 0.102. The molecule has 1 N–H and O–H groups in total. The Morgan fingerprint density at radius 1 is 1.00 bits per heavy atom. The SMILES string of the molecule is O=C(c1nn(-c2ccccc2)c(=O)[nH]1)N1CCC(Cc2ccccc2)CC1. The molecule has 1 aromatic heterocycles. The van der Waals surface area contributed by atoms with Crippen LogP contribution in [0.3, 0.4) is 0 Å². The number of nitrogens with zero attached hydrogens (tertiary/aromatic N) is 3. The number of amides is 1. The lowest BCUT2D eigenvalue weighted by atomic mass is 9.90. The Bertz CT molecular complexity index is 955. The van der Waals surface area contributed by atoms with E-state index >= 15 is 0 Å². The van der Waals surface area contributed by atoms with Gasteiger partial charge in [-0.05, 0) is 42.9 Å². The van der Waals surface area contributed by atoms with Gasteiger partial charge in [0.05, 0.1) is 5.69 Å². The number of benzene rings is 2. The van der Waals surface area contributed by atoms with Gasteiger partial charge in [-0.2, -0.15) is 4.68 Å². The Morgan fingerprint density at radius 2 is 1.63 bits per heavy atom. The number of hydrogen-bond donors (Lipinski definition) is 1. The highest BCUT2D eigenvalue weighted by molar-refractivity contribution is 5.90. The molecule has 6 heteroatoms. The van der Waals surface area contributed by atoms with Crippen molar-refractivity contribution in [3.8, 4) is 5.69 Å². The predicted molar refractivity (Wildman–Crippen MR) is 103 cm³/mol. The molecule has 1 amide bonds. The Labute approximate surface area is 157 Å². The normalized spacial score (nSPS) is 15.0. The van der Waals surface area contributed by atoms with E-state index in [-0.39, 0.29) is 11.7 Å². The number of aromatic nitrogens is 3. The number of nitrogens with one attached hydrogen (secondary N) is 1. The zero-order valence-corrected chi connectivity index (χ0v) is 15.0. The van der Waals surface area contributed by atoms with Gasteiger partial charge >= 0.3 is 5.69 Å². The summed E-state index contributed by atoms with van der Waals surface area (Å²) in [5.41, 5.74) is 1.58. The third-order valence-electron chi connectivity index (χ3n) is 5.09. The standard InChI is InChI=1S/C21H22N4O2/c26-20(19-22-21(27)25(23-19)18-9-5-2-6-10-18)24-13-11-17(12-14-24)15-16-7-3-1-4-8-16/h1-10,17H,11-15H2,(H,22,23,27). The van der Waals surface area contributed by atoms with Crippen LogP contribution in [0, 0.1) is 5.92 Å². The summed E-state index contributed by atoms with van der Waals surface area (Å²) in [6.45, 7) is 1.38. The number of H-pyrrole nitrogens is 1. The maximum atomic E-state index is 12.7. The highest BCUT2D eigenvalue weighted by atomic mass is 16.2. The molecule has 2 heterocycles. The average Bonchev–Trinajstić information content (AvgIpc) is 3.11.